The largest absolute Gasteiger partial charge is 0.495 e. The molecule has 110 valence electrons. The predicted molar refractivity (Wildman–Crippen MR) is 86.1 cm³/mol. The minimum absolute atomic E-state index is 0.534. The number of ether oxygens (including phenoxy) is 1. The molecule has 0 aliphatic carbocycles. The number of rotatable bonds is 5. The van der Waals surface area contributed by atoms with Crippen molar-refractivity contribution in [2.45, 2.75) is 6.04 Å². The fourth-order valence-corrected chi connectivity index (χ4v) is 2.84. The van der Waals surface area contributed by atoms with Crippen LogP contribution in [0.1, 0.15) is 11.6 Å². The van der Waals surface area contributed by atoms with Gasteiger partial charge in [0.1, 0.15) is 5.75 Å². The number of para-hydroxylation sites is 2. The van der Waals surface area contributed by atoms with Crippen LogP contribution in [0.15, 0.2) is 46.9 Å². The summed E-state index contributed by atoms with van der Waals surface area (Å²) in [6, 6.07) is 11.2. The number of carbonyl (C=O) groups is 1. The van der Waals surface area contributed by atoms with Gasteiger partial charge < -0.3 is 15.2 Å². The van der Waals surface area contributed by atoms with Gasteiger partial charge in [0.15, 0.2) is 6.04 Å². The molecule has 0 aliphatic heterocycles. The lowest BCUT2D eigenvalue weighted by atomic mass is 10.1. The van der Waals surface area contributed by atoms with E-state index in [9.17, 15) is 9.90 Å². The number of methoxy groups -OCH3 is 1. The molecule has 0 aromatic heterocycles. The van der Waals surface area contributed by atoms with Crippen LogP contribution in [0.4, 0.5) is 5.69 Å². The molecule has 0 aliphatic rings. The molecular formula is C15H13BrClNO3. The van der Waals surface area contributed by atoms with Crippen LogP contribution < -0.4 is 10.1 Å². The molecule has 0 spiro atoms. The van der Waals surface area contributed by atoms with Gasteiger partial charge in [0.05, 0.1) is 12.8 Å². The zero-order chi connectivity index (χ0) is 15.4. The Bertz CT molecular complexity index is 663. The number of carboxylic acids is 1. The summed E-state index contributed by atoms with van der Waals surface area (Å²) in [5.41, 5.74) is 1.19. The number of nitrogens with one attached hydrogen (secondary N) is 1. The third-order valence-electron chi connectivity index (χ3n) is 2.93. The van der Waals surface area contributed by atoms with Crippen molar-refractivity contribution in [2.24, 2.45) is 0 Å². The number of hydrogen-bond donors (Lipinski definition) is 2. The van der Waals surface area contributed by atoms with Crippen LogP contribution in [0.5, 0.6) is 5.75 Å². The Morgan fingerprint density at radius 3 is 2.67 bits per heavy atom. The van der Waals surface area contributed by atoms with E-state index in [2.05, 4.69) is 21.2 Å². The molecule has 0 heterocycles. The highest BCUT2D eigenvalue weighted by molar-refractivity contribution is 9.10. The lowest BCUT2D eigenvalue weighted by Crippen LogP contribution is -2.21. The van der Waals surface area contributed by atoms with Crippen LogP contribution >= 0.6 is 27.5 Å². The van der Waals surface area contributed by atoms with E-state index in [1.807, 2.05) is 6.07 Å². The van der Waals surface area contributed by atoms with Gasteiger partial charge >= 0.3 is 5.97 Å². The second-order valence-electron chi connectivity index (χ2n) is 4.28. The third kappa shape index (κ3) is 3.68. The van der Waals surface area contributed by atoms with Gasteiger partial charge in [-0.2, -0.15) is 0 Å². The molecule has 21 heavy (non-hydrogen) atoms. The molecule has 6 heteroatoms. The Kier molecular flexibility index (Phi) is 5.09. The number of aliphatic carboxylic acids is 1. The van der Waals surface area contributed by atoms with Crippen LogP contribution in [0, 0.1) is 0 Å². The predicted octanol–water partition coefficient (Wildman–Crippen LogP) is 4.35. The van der Waals surface area contributed by atoms with Crippen LogP contribution in [-0.2, 0) is 4.79 Å². The van der Waals surface area contributed by atoms with Crippen molar-refractivity contribution in [3.8, 4) is 5.75 Å². The van der Waals surface area contributed by atoms with Crippen molar-refractivity contribution in [1.29, 1.82) is 0 Å². The van der Waals surface area contributed by atoms with Crippen molar-refractivity contribution in [1.82, 2.24) is 0 Å². The molecule has 2 aromatic carbocycles. The highest BCUT2D eigenvalue weighted by Crippen LogP contribution is 2.32. The van der Waals surface area contributed by atoms with Gasteiger partial charge in [0.2, 0.25) is 0 Å². The van der Waals surface area contributed by atoms with E-state index in [1.54, 1.807) is 36.4 Å². The normalized spacial score (nSPS) is 11.8. The van der Waals surface area contributed by atoms with Crippen LogP contribution in [0.2, 0.25) is 5.02 Å². The number of anilines is 1. The first kappa shape index (κ1) is 15.7. The second kappa shape index (κ2) is 6.83. The molecule has 0 radical (unpaired) electrons. The molecule has 1 atom stereocenters. The molecule has 1 unspecified atom stereocenters. The standard InChI is InChI=1S/C15H13BrClNO3/c1-21-13-5-3-2-4-12(13)18-14(15(19)20)10-7-6-9(17)8-11(10)16/h2-8,14,18H,1H3,(H,19,20). The first-order valence-corrected chi connectivity index (χ1v) is 7.27. The Hall–Kier alpha value is -1.72. The molecule has 2 aromatic rings. The van der Waals surface area contributed by atoms with Gasteiger partial charge in [0, 0.05) is 9.50 Å². The second-order valence-corrected chi connectivity index (χ2v) is 5.57. The summed E-state index contributed by atoms with van der Waals surface area (Å²) in [6.07, 6.45) is 0. The third-order valence-corrected chi connectivity index (χ3v) is 3.85. The average molecular weight is 371 g/mol. The van der Waals surface area contributed by atoms with Crippen LogP contribution in [0.3, 0.4) is 0 Å². The average Bonchev–Trinajstić information content (AvgIpc) is 2.45. The maximum atomic E-state index is 11.6. The van der Waals surface area contributed by atoms with Crippen LogP contribution in [0.25, 0.3) is 0 Å². The molecule has 2 N–H and O–H groups in total. The van der Waals surface area contributed by atoms with E-state index in [0.29, 0.717) is 26.5 Å². The van der Waals surface area contributed by atoms with Crippen molar-refractivity contribution < 1.29 is 14.6 Å². The summed E-state index contributed by atoms with van der Waals surface area (Å²) in [5, 5.41) is 13.0. The maximum absolute atomic E-state index is 11.6. The molecule has 2 rings (SSSR count). The number of benzene rings is 2. The van der Waals surface area contributed by atoms with E-state index >= 15 is 0 Å². The monoisotopic (exact) mass is 369 g/mol. The van der Waals surface area contributed by atoms with E-state index < -0.39 is 12.0 Å². The van der Waals surface area contributed by atoms with E-state index in [4.69, 9.17) is 16.3 Å². The van der Waals surface area contributed by atoms with E-state index in [0.717, 1.165) is 0 Å². The first-order chi connectivity index (χ1) is 10.0. The summed E-state index contributed by atoms with van der Waals surface area (Å²) in [6.45, 7) is 0. The quantitative estimate of drug-likeness (QED) is 0.821. The summed E-state index contributed by atoms with van der Waals surface area (Å²) < 4.78 is 5.85. The Balaban J connectivity index is 2.38. The van der Waals surface area contributed by atoms with Gasteiger partial charge in [-0.05, 0) is 29.8 Å². The highest BCUT2D eigenvalue weighted by Gasteiger charge is 2.23. The summed E-state index contributed by atoms with van der Waals surface area (Å²) in [7, 11) is 1.54. The van der Waals surface area contributed by atoms with Crippen molar-refractivity contribution in [3.63, 3.8) is 0 Å². The zero-order valence-corrected chi connectivity index (χ0v) is 13.5. The van der Waals surface area contributed by atoms with Gasteiger partial charge in [-0.1, -0.05) is 45.7 Å². The minimum Gasteiger partial charge on any atom is -0.495 e. The Morgan fingerprint density at radius 1 is 1.33 bits per heavy atom. The fourth-order valence-electron chi connectivity index (χ4n) is 1.93. The van der Waals surface area contributed by atoms with Gasteiger partial charge in [-0.25, -0.2) is 4.79 Å². The smallest absolute Gasteiger partial charge is 0.330 e. The minimum atomic E-state index is -0.996. The summed E-state index contributed by atoms with van der Waals surface area (Å²) in [5.74, 6) is -0.419. The van der Waals surface area contributed by atoms with Crippen molar-refractivity contribution >= 4 is 39.2 Å². The van der Waals surface area contributed by atoms with E-state index in [-0.39, 0.29) is 0 Å². The van der Waals surface area contributed by atoms with Gasteiger partial charge in [-0.15, -0.1) is 0 Å². The molecule has 0 saturated carbocycles. The van der Waals surface area contributed by atoms with Crippen LogP contribution in [-0.4, -0.2) is 18.2 Å². The van der Waals surface area contributed by atoms with Gasteiger partial charge in [-0.3, -0.25) is 0 Å². The number of hydrogen-bond acceptors (Lipinski definition) is 3. The molecule has 4 nitrogen and oxygen atoms in total. The van der Waals surface area contributed by atoms with Crippen molar-refractivity contribution in [2.75, 3.05) is 12.4 Å². The SMILES string of the molecule is COc1ccccc1NC(C(=O)O)c1ccc(Cl)cc1Br. The molecule has 0 fully saturated rings. The Labute approximate surface area is 135 Å². The summed E-state index contributed by atoms with van der Waals surface area (Å²) >= 11 is 9.24. The van der Waals surface area contributed by atoms with Gasteiger partial charge in [0.25, 0.3) is 0 Å². The number of carboxylic acid groups (broad SMARTS) is 1. The molecule has 0 amide bonds. The molecule has 0 saturated heterocycles. The lowest BCUT2D eigenvalue weighted by Gasteiger charge is -2.19. The fraction of sp³-hybridized carbons (Fsp3) is 0.133. The number of halogens is 2. The highest BCUT2D eigenvalue weighted by atomic mass is 79.9. The summed E-state index contributed by atoms with van der Waals surface area (Å²) in [4.78, 5) is 11.6. The molecule has 0 bridgehead atoms. The first-order valence-electron chi connectivity index (χ1n) is 6.10. The lowest BCUT2D eigenvalue weighted by molar-refractivity contribution is -0.138. The Morgan fingerprint density at radius 2 is 2.05 bits per heavy atom. The zero-order valence-electron chi connectivity index (χ0n) is 11.1. The van der Waals surface area contributed by atoms with E-state index in [1.165, 1.54) is 7.11 Å². The van der Waals surface area contributed by atoms with Crippen molar-refractivity contribution in [3.05, 3.63) is 57.5 Å². The molecular weight excluding hydrogens is 358 g/mol. The maximum Gasteiger partial charge on any atom is 0.330 e. The topological polar surface area (TPSA) is 58.6 Å².